The van der Waals surface area contributed by atoms with E-state index in [-0.39, 0.29) is 5.97 Å². The van der Waals surface area contributed by atoms with Crippen molar-refractivity contribution in [1.29, 1.82) is 0 Å². The van der Waals surface area contributed by atoms with Crippen LogP contribution in [0, 0.1) is 12.3 Å². The highest BCUT2D eigenvalue weighted by Crippen LogP contribution is 2.32. The number of nitrogens with zero attached hydrogens (tertiary/aromatic N) is 1. The van der Waals surface area contributed by atoms with Crippen molar-refractivity contribution in [3.8, 4) is 0 Å². The van der Waals surface area contributed by atoms with E-state index in [2.05, 4.69) is 35.8 Å². The predicted octanol–water partition coefficient (Wildman–Crippen LogP) is 5.39. The number of fused-ring (bicyclic) bond motifs is 1. The number of carbonyl (C=O) groups excluding carboxylic acids is 1. The number of para-hydroxylation sites is 1. The van der Waals surface area contributed by atoms with E-state index in [0.717, 1.165) is 17.3 Å². The van der Waals surface area contributed by atoms with Crippen LogP contribution < -0.4 is 0 Å². The lowest BCUT2D eigenvalue weighted by atomic mass is 9.86. The Hall–Kier alpha value is -2.26. The van der Waals surface area contributed by atoms with Gasteiger partial charge >= 0.3 is 5.97 Å². The molecule has 4 heteroatoms. The van der Waals surface area contributed by atoms with Crippen LogP contribution in [0.25, 0.3) is 10.9 Å². The molecular formula is C22H24ClNO2. The van der Waals surface area contributed by atoms with E-state index >= 15 is 0 Å². The lowest BCUT2D eigenvalue weighted by molar-refractivity contribution is -0.150. The number of esters is 1. The summed E-state index contributed by atoms with van der Waals surface area (Å²) in [4.78, 5) is 12.2. The molecule has 0 saturated heterocycles. The maximum Gasteiger partial charge on any atom is 0.311 e. The Kier molecular flexibility index (Phi) is 5.10. The second-order valence-corrected chi connectivity index (χ2v) is 7.79. The SMILES string of the molecule is COC(=O)C(C)(C)Cc1c(C)c2ccccc2n1Cc1ccc(Cl)cc1. The molecule has 0 aliphatic heterocycles. The third-order valence-corrected chi connectivity index (χ3v) is 5.21. The zero-order valence-corrected chi connectivity index (χ0v) is 16.4. The van der Waals surface area contributed by atoms with Gasteiger partial charge in [0, 0.05) is 34.6 Å². The summed E-state index contributed by atoms with van der Waals surface area (Å²) in [6, 6.07) is 16.3. The van der Waals surface area contributed by atoms with E-state index in [9.17, 15) is 4.79 Å². The third-order valence-electron chi connectivity index (χ3n) is 4.96. The summed E-state index contributed by atoms with van der Waals surface area (Å²) in [7, 11) is 1.44. The van der Waals surface area contributed by atoms with Crippen molar-refractivity contribution in [2.24, 2.45) is 5.41 Å². The molecule has 3 rings (SSSR count). The van der Waals surface area contributed by atoms with Gasteiger partial charge in [0.2, 0.25) is 0 Å². The number of aryl methyl sites for hydroxylation is 1. The molecule has 0 spiro atoms. The molecule has 136 valence electrons. The highest BCUT2D eigenvalue weighted by atomic mass is 35.5. The van der Waals surface area contributed by atoms with Crippen molar-refractivity contribution in [1.82, 2.24) is 4.57 Å². The molecule has 3 nitrogen and oxygen atoms in total. The van der Waals surface area contributed by atoms with Crippen molar-refractivity contribution in [2.45, 2.75) is 33.7 Å². The van der Waals surface area contributed by atoms with Crippen LogP contribution in [0.1, 0.15) is 30.7 Å². The van der Waals surface area contributed by atoms with E-state index in [1.165, 1.54) is 29.1 Å². The maximum atomic E-state index is 12.2. The molecular weight excluding hydrogens is 346 g/mol. The first-order valence-electron chi connectivity index (χ1n) is 8.73. The fraction of sp³-hybridized carbons (Fsp3) is 0.318. The fourth-order valence-corrected chi connectivity index (χ4v) is 3.60. The Morgan fingerprint density at radius 1 is 1.12 bits per heavy atom. The molecule has 0 atom stereocenters. The minimum Gasteiger partial charge on any atom is -0.469 e. The van der Waals surface area contributed by atoms with Gasteiger partial charge in [-0.15, -0.1) is 0 Å². The molecule has 0 radical (unpaired) electrons. The molecule has 3 aromatic rings. The number of ether oxygens (including phenoxy) is 1. The highest BCUT2D eigenvalue weighted by Gasteiger charge is 2.31. The average molecular weight is 370 g/mol. The van der Waals surface area contributed by atoms with Crippen molar-refractivity contribution < 1.29 is 9.53 Å². The summed E-state index contributed by atoms with van der Waals surface area (Å²) < 4.78 is 7.31. The third kappa shape index (κ3) is 3.49. The zero-order chi connectivity index (χ0) is 18.9. The zero-order valence-electron chi connectivity index (χ0n) is 15.7. The molecule has 1 aromatic heterocycles. The first-order valence-corrected chi connectivity index (χ1v) is 9.11. The van der Waals surface area contributed by atoms with Crippen LogP contribution in [0.5, 0.6) is 0 Å². The van der Waals surface area contributed by atoms with E-state index in [1.54, 1.807) is 0 Å². The Balaban J connectivity index is 2.10. The minimum atomic E-state index is -0.592. The summed E-state index contributed by atoms with van der Waals surface area (Å²) in [6.45, 7) is 6.73. The van der Waals surface area contributed by atoms with Gasteiger partial charge in [-0.2, -0.15) is 0 Å². The van der Waals surface area contributed by atoms with Crippen molar-refractivity contribution in [3.63, 3.8) is 0 Å². The second-order valence-electron chi connectivity index (χ2n) is 7.35. The molecule has 0 aliphatic carbocycles. The Morgan fingerprint density at radius 2 is 1.77 bits per heavy atom. The molecule has 0 bridgehead atoms. The van der Waals surface area contributed by atoms with Crippen LogP contribution in [0.4, 0.5) is 0 Å². The fourth-order valence-electron chi connectivity index (χ4n) is 3.48. The van der Waals surface area contributed by atoms with Gasteiger partial charge < -0.3 is 9.30 Å². The van der Waals surface area contributed by atoms with E-state index < -0.39 is 5.41 Å². The number of aromatic nitrogens is 1. The largest absolute Gasteiger partial charge is 0.469 e. The molecule has 0 aliphatic rings. The first kappa shape index (κ1) is 18.5. The average Bonchev–Trinajstić information content (AvgIpc) is 2.88. The molecule has 0 amide bonds. The van der Waals surface area contributed by atoms with Crippen LogP contribution in [-0.2, 0) is 22.5 Å². The number of hydrogen-bond donors (Lipinski definition) is 0. The quantitative estimate of drug-likeness (QED) is 0.564. The lowest BCUT2D eigenvalue weighted by Crippen LogP contribution is -2.29. The molecule has 0 fully saturated rings. The summed E-state index contributed by atoms with van der Waals surface area (Å²) in [5, 5.41) is 1.95. The van der Waals surface area contributed by atoms with Gasteiger partial charge in [-0.25, -0.2) is 0 Å². The smallest absolute Gasteiger partial charge is 0.311 e. The van der Waals surface area contributed by atoms with Crippen LogP contribution in [0.3, 0.4) is 0 Å². The van der Waals surface area contributed by atoms with Gasteiger partial charge in [0.1, 0.15) is 0 Å². The minimum absolute atomic E-state index is 0.194. The standard InChI is InChI=1S/C22H24ClNO2/c1-15-18-7-5-6-8-19(18)24(14-16-9-11-17(23)12-10-16)20(15)13-22(2,3)21(25)26-4/h5-12H,13-14H2,1-4H3. The Bertz CT molecular complexity index is 939. The predicted molar refractivity (Wildman–Crippen MR) is 107 cm³/mol. The number of rotatable bonds is 5. The summed E-state index contributed by atoms with van der Waals surface area (Å²) in [5.41, 5.74) is 4.14. The summed E-state index contributed by atoms with van der Waals surface area (Å²) in [5.74, 6) is -0.194. The number of halogens is 1. The molecule has 1 heterocycles. The second kappa shape index (κ2) is 7.16. The normalized spacial score (nSPS) is 11.7. The molecule has 0 unspecified atom stereocenters. The van der Waals surface area contributed by atoms with Crippen LogP contribution in [-0.4, -0.2) is 17.6 Å². The molecule has 0 N–H and O–H groups in total. The topological polar surface area (TPSA) is 31.2 Å². The van der Waals surface area contributed by atoms with E-state index in [1.807, 2.05) is 38.1 Å². The van der Waals surface area contributed by atoms with Crippen molar-refractivity contribution in [3.05, 3.63) is 70.4 Å². The van der Waals surface area contributed by atoms with Gasteiger partial charge in [-0.05, 0) is 50.1 Å². The maximum absolute atomic E-state index is 12.2. The van der Waals surface area contributed by atoms with Gasteiger partial charge in [-0.3, -0.25) is 4.79 Å². The lowest BCUT2D eigenvalue weighted by Gasteiger charge is -2.23. The van der Waals surface area contributed by atoms with E-state index in [0.29, 0.717) is 6.42 Å². The van der Waals surface area contributed by atoms with Crippen LogP contribution in [0.2, 0.25) is 5.02 Å². The van der Waals surface area contributed by atoms with E-state index in [4.69, 9.17) is 16.3 Å². The Morgan fingerprint density at radius 3 is 2.42 bits per heavy atom. The number of benzene rings is 2. The van der Waals surface area contributed by atoms with Crippen LogP contribution >= 0.6 is 11.6 Å². The number of methoxy groups -OCH3 is 1. The van der Waals surface area contributed by atoms with Crippen LogP contribution in [0.15, 0.2) is 48.5 Å². The Labute approximate surface area is 159 Å². The molecule has 2 aromatic carbocycles. The first-order chi connectivity index (χ1) is 12.3. The van der Waals surface area contributed by atoms with Gasteiger partial charge in [0.25, 0.3) is 0 Å². The van der Waals surface area contributed by atoms with Gasteiger partial charge in [0.15, 0.2) is 0 Å². The highest BCUT2D eigenvalue weighted by molar-refractivity contribution is 6.30. The summed E-state index contributed by atoms with van der Waals surface area (Å²) in [6.07, 6.45) is 0.619. The van der Waals surface area contributed by atoms with Gasteiger partial charge in [-0.1, -0.05) is 41.9 Å². The number of carbonyl (C=O) groups is 1. The van der Waals surface area contributed by atoms with Crippen molar-refractivity contribution in [2.75, 3.05) is 7.11 Å². The summed E-state index contributed by atoms with van der Waals surface area (Å²) >= 11 is 6.02. The molecule has 0 saturated carbocycles. The molecule has 26 heavy (non-hydrogen) atoms. The van der Waals surface area contributed by atoms with Crippen molar-refractivity contribution >= 4 is 28.5 Å². The van der Waals surface area contributed by atoms with Gasteiger partial charge in [0.05, 0.1) is 12.5 Å². The monoisotopic (exact) mass is 369 g/mol. The number of hydrogen-bond acceptors (Lipinski definition) is 2.